The maximum absolute atomic E-state index is 10.7. The van der Waals surface area contributed by atoms with Gasteiger partial charge < -0.3 is 4.74 Å². The Kier molecular flexibility index (Phi) is 2.95. The molecule has 0 saturated carbocycles. The normalized spacial score (nSPS) is 10.1. The Morgan fingerprint density at radius 3 is 2.75 bits per heavy atom. The summed E-state index contributed by atoms with van der Waals surface area (Å²) in [4.78, 5) is 10.7. The molecule has 1 aromatic heterocycles. The van der Waals surface area contributed by atoms with Crippen molar-refractivity contribution in [3.8, 4) is 11.4 Å². The molecule has 0 atom stereocenters. The van der Waals surface area contributed by atoms with Gasteiger partial charge in [-0.05, 0) is 31.2 Å². The van der Waals surface area contributed by atoms with Gasteiger partial charge >= 0.3 is 0 Å². The molecule has 0 aliphatic heterocycles. The molecule has 0 fully saturated rings. The van der Waals surface area contributed by atoms with E-state index >= 15 is 0 Å². The number of hydrogen-bond donors (Lipinski definition) is 0. The Morgan fingerprint density at radius 1 is 1.38 bits per heavy atom. The molecule has 0 N–H and O–H groups in total. The molecule has 1 heterocycles. The van der Waals surface area contributed by atoms with Gasteiger partial charge in [-0.1, -0.05) is 0 Å². The SMILES string of the molecule is CCOc1ccc(-n2cnnc2C=O)cc1. The van der Waals surface area contributed by atoms with Gasteiger partial charge in [0.25, 0.3) is 0 Å². The van der Waals surface area contributed by atoms with Crippen molar-refractivity contribution in [2.45, 2.75) is 6.92 Å². The number of aromatic nitrogens is 3. The molecule has 0 unspecified atom stereocenters. The predicted octanol–water partition coefficient (Wildman–Crippen LogP) is 1.48. The predicted molar refractivity (Wildman–Crippen MR) is 57.9 cm³/mol. The summed E-state index contributed by atoms with van der Waals surface area (Å²) in [5.74, 6) is 1.08. The zero-order valence-corrected chi connectivity index (χ0v) is 8.83. The Balaban J connectivity index is 2.31. The molecule has 2 rings (SSSR count). The minimum absolute atomic E-state index is 0.282. The van der Waals surface area contributed by atoms with Gasteiger partial charge in [0, 0.05) is 5.69 Å². The quantitative estimate of drug-likeness (QED) is 0.728. The van der Waals surface area contributed by atoms with Gasteiger partial charge in [0.15, 0.2) is 6.29 Å². The molecule has 0 amide bonds. The zero-order valence-electron chi connectivity index (χ0n) is 8.83. The Hall–Kier alpha value is -2.17. The maximum atomic E-state index is 10.7. The lowest BCUT2D eigenvalue weighted by molar-refractivity contribution is 0.111. The van der Waals surface area contributed by atoms with E-state index in [0.29, 0.717) is 12.9 Å². The van der Waals surface area contributed by atoms with E-state index in [9.17, 15) is 4.79 Å². The van der Waals surface area contributed by atoms with Crippen LogP contribution in [0.3, 0.4) is 0 Å². The van der Waals surface area contributed by atoms with Gasteiger partial charge in [0.1, 0.15) is 12.1 Å². The van der Waals surface area contributed by atoms with Crippen molar-refractivity contribution in [2.75, 3.05) is 6.61 Å². The maximum Gasteiger partial charge on any atom is 0.201 e. The van der Waals surface area contributed by atoms with Crippen LogP contribution in [0, 0.1) is 0 Å². The number of ether oxygens (including phenoxy) is 1. The molecule has 5 nitrogen and oxygen atoms in total. The third-order valence-electron chi connectivity index (χ3n) is 2.11. The second-order valence-electron chi connectivity index (χ2n) is 3.10. The molecule has 0 aliphatic rings. The number of nitrogens with zero attached hydrogens (tertiary/aromatic N) is 3. The summed E-state index contributed by atoms with van der Waals surface area (Å²) in [6.45, 7) is 2.56. The van der Waals surface area contributed by atoms with Crippen molar-refractivity contribution < 1.29 is 9.53 Å². The third kappa shape index (κ3) is 1.93. The first-order chi connectivity index (χ1) is 7.85. The van der Waals surface area contributed by atoms with Crippen molar-refractivity contribution in [3.63, 3.8) is 0 Å². The number of benzene rings is 1. The van der Waals surface area contributed by atoms with Crippen LogP contribution in [0.1, 0.15) is 17.5 Å². The molecule has 0 bridgehead atoms. The summed E-state index contributed by atoms with van der Waals surface area (Å²) in [5.41, 5.74) is 0.829. The highest BCUT2D eigenvalue weighted by atomic mass is 16.5. The van der Waals surface area contributed by atoms with E-state index in [0.717, 1.165) is 11.4 Å². The Morgan fingerprint density at radius 2 is 2.12 bits per heavy atom. The average Bonchev–Trinajstić information content (AvgIpc) is 2.78. The zero-order chi connectivity index (χ0) is 11.4. The lowest BCUT2D eigenvalue weighted by atomic mass is 10.3. The van der Waals surface area contributed by atoms with E-state index in [2.05, 4.69) is 10.2 Å². The fraction of sp³-hybridized carbons (Fsp3) is 0.182. The van der Waals surface area contributed by atoms with Crippen LogP contribution in [0.5, 0.6) is 5.75 Å². The number of carbonyl (C=O) groups is 1. The first kappa shape index (κ1) is 10.4. The van der Waals surface area contributed by atoms with Crippen molar-refractivity contribution in [1.29, 1.82) is 0 Å². The van der Waals surface area contributed by atoms with E-state index in [1.54, 1.807) is 4.57 Å². The van der Waals surface area contributed by atoms with Crippen molar-refractivity contribution in [3.05, 3.63) is 36.4 Å². The van der Waals surface area contributed by atoms with Gasteiger partial charge in [0.2, 0.25) is 5.82 Å². The first-order valence-electron chi connectivity index (χ1n) is 4.93. The fourth-order valence-corrected chi connectivity index (χ4v) is 1.39. The molecule has 0 saturated heterocycles. The van der Waals surface area contributed by atoms with Gasteiger partial charge in [-0.2, -0.15) is 0 Å². The summed E-state index contributed by atoms with van der Waals surface area (Å²) < 4.78 is 6.94. The number of aldehydes is 1. The first-order valence-corrected chi connectivity index (χ1v) is 4.93. The third-order valence-corrected chi connectivity index (χ3v) is 2.11. The standard InChI is InChI=1S/C11H11N3O2/c1-2-16-10-5-3-9(4-6-10)14-8-12-13-11(14)7-15/h3-8H,2H2,1H3. The van der Waals surface area contributed by atoms with E-state index < -0.39 is 0 Å². The summed E-state index contributed by atoms with van der Waals surface area (Å²) >= 11 is 0. The van der Waals surface area contributed by atoms with E-state index in [1.807, 2.05) is 31.2 Å². The minimum Gasteiger partial charge on any atom is -0.494 e. The lowest BCUT2D eigenvalue weighted by Gasteiger charge is -2.05. The second kappa shape index (κ2) is 4.57. The highest BCUT2D eigenvalue weighted by molar-refractivity contribution is 5.70. The summed E-state index contributed by atoms with van der Waals surface area (Å²) in [5, 5.41) is 7.36. The van der Waals surface area contributed by atoms with Gasteiger partial charge in [-0.3, -0.25) is 9.36 Å². The van der Waals surface area contributed by atoms with Crippen LogP contribution in [-0.2, 0) is 0 Å². The molecular weight excluding hydrogens is 206 g/mol. The fourth-order valence-electron chi connectivity index (χ4n) is 1.39. The van der Waals surface area contributed by atoms with Crippen molar-refractivity contribution in [2.24, 2.45) is 0 Å². The molecule has 0 spiro atoms. The van der Waals surface area contributed by atoms with E-state index in [1.165, 1.54) is 6.33 Å². The molecule has 16 heavy (non-hydrogen) atoms. The summed E-state index contributed by atoms with van der Waals surface area (Å²) in [7, 11) is 0. The Labute approximate surface area is 92.7 Å². The van der Waals surface area contributed by atoms with Crippen LogP contribution < -0.4 is 4.74 Å². The lowest BCUT2D eigenvalue weighted by Crippen LogP contribution is -1.99. The molecule has 0 radical (unpaired) electrons. The largest absolute Gasteiger partial charge is 0.494 e. The number of carbonyl (C=O) groups excluding carboxylic acids is 1. The highest BCUT2D eigenvalue weighted by Gasteiger charge is 2.04. The summed E-state index contributed by atoms with van der Waals surface area (Å²) in [6, 6.07) is 7.38. The smallest absolute Gasteiger partial charge is 0.201 e. The van der Waals surface area contributed by atoms with Crippen LogP contribution in [-0.4, -0.2) is 27.7 Å². The van der Waals surface area contributed by atoms with Crippen LogP contribution in [0.2, 0.25) is 0 Å². The van der Waals surface area contributed by atoms with Crippen LogP contribution in [0.15, 0.2) is 30.6 Å². The Bertz CT molecular complexity index is 476. The molecule has 82 valence electrons. The minimum atomic E-state index is 0.282. The molecule has 2 aromatic rings. The van der Waals surface area contributed by atoms with Crippen LogP contribution in [0.4, 0.5) is 0 Å². The van der Waals surface area contributed by atoms with Crippen molar-refractivity contribution in [1.82, 2.24) is 14.8 Å². The van der Waals surface area contributed by atoms with Gasteiger partial charge in [-0.15, -0.1) is 10.2 Å². The van der Waals surface area contributed by atoms with Crippen molar-refractivity contribution >= 4 is 6.29 Å². The highest BCUT2D eigenvalue weighted by Crippen LogP contribution is 2.15. The number of hydrogen-bond acceptors (Lipinski definition) is 4. The molecule has 1 aromatic carbocycles. The molecule has 0 aliphatic carbocycles. The topological polar surface area (TPSA) is 57.0 Å². The van der Waals surface area contributed by atoms with E-state index in [-0.39, 0.29) is 5.82 Å². The average molecular weight is 217 g/mol. The van der Waals surface area contributed by atoms with Crippen LogP contribution >= 0.6 is 0 Å². The van der Waals surface area contributed by atoms with Gasteiger partial charge in [0.05, 0.1) is 6.61 Å². The number of rotatable bonds is 4. The van der Waals surface area contributed by atoms with E-state index in [4.69, 9.17) is 4.74 Å². The molecular formula is C11H11N3O2. The summed E-state index contributed by atoms with van der Waals surface area (Å²) in [6.07, 6.45) is 2.17. The van der Waals surface area contributed by atoms with Crippen LogP contribution in [0.25, 0.3) is 5.69 Å². The second-order valence-corrected chi connectivity index (χ2v) is 3.10. The van der Waals surface area contributed by atoms with Gasteiger partial charge in [-0.25, -0.2) is 0 Å². The molecule has 5 heteroatoms. The monoisotopic (exact) mass is 217 g/mol.